The van der Waals surface area contributed by atoms with Crippen LogP contribution in [-0.4, -0.2) is 24.0 Å². The molecular formula is C10H12N2O2. The van der Waals surface area contributed by atoms with E-state index in [9.17, 15) is 4.79 Å². The number of ether oxygens (including phenoxy) is 1. The third kappa shape index (κ3) is 1.55. The second kappa shape index (κ2) is 3.65. The van der Waals surface area contributed by atoms with Gasteiger partial charge in [0.05, 0.1) is 17.9 Å². The molecule has 4 nitrogen and oxygen atoms in total. The van der Waals surface area contributed by atoms with Crippen LogP contribution >= 0.6 is 0 Å². The summed E-state index contributed by atoms with van der Waals surface area (Å²) in [4.78, 5) is 15.6. The van der Waals surface area contributed by atoms with Gasteiger partial charge in [0, 0.05) is 19.0 Å². The maximum atomic E-state index is 11.4. The van der Waals surface area contributed by atoms with Crippen LogP contribution in [0.3, 0.4) is 0 Å². The number of aromatic nitrogens is 1. The maximum Gasteiger partial charge on any atom is 0.253 e. The highest BCUT2D eigenvalue weighted by atomic mass is 16.5. The number of nitrogens with one attached hydrogen (secondary N) is 1. The molecule has 2 heterocycles. The molecule has 1 aliphatic heterocycles. The first-order chi connectivity index (χ1) is 6.81. The highest BCUT2D eigenvalue weighted by molar-refractivity contribution is 5.96. The number of fused-ring (bicyclic) bond motifs is 1. The van der Waals surface area contributed by atoms with E-state index in [4.69, 9.17) is 4.74 Å². The zero-order valence-corrected chi connectivity index (χ0v) is 8.04. The summed E-state index contributed by atoms with van der Waals surface area (Å²) in [7, 11) is 0. The molecule has 14 heavy (non-hydrogen) atoms. The first-order valence-electron chi connectivity index (χ1n) is 4.72. The normalized spacial score (nSPS) is 14.5. The van der Waals surface area contributed by atoms with Gasteiger partial charge in [0.1, 0.15) is 0 Å². The molecule has 0 spiro atoms. The average Bonchev–Trinajstić information content (AvgIpc) is 2.18. The fourth-order valence-corrected chi connectivity index (χ4v) is 1.50. The van der Waals surface area contributed by atoms with Gasteiger partial charge in [-0.2, -0.15) is 0 Å². The summed E-state index contributed by atoms with van der Waals surface area (Å²) in [6.07, 6.45) is 0.780. The predicted molar refractivity (Wildman–Crippen MR) is 51.4 cm³/mol. The van der Waals surface area contributed by atoms with Gasteiger partial charge in [-0.25, -0.2) is 4.98 Å². The molecule has 1 aliphatic rings. The van der Waals surface area contributed by atoms with Crippen LogP contribution in [0.1, 0.15) is 23.0 Å². The van der Waals surface area contributed by atoms with Crippen molar-refractivity contribution in [2.75, 3.05) is 13.2 Å². The van der Waals surface area contributed by atoms with E-state index in [1.807, 2.05) is 6.92 Å². The SMILES string of the molecule is CCOc1ccc2c(n1)CCNC2=O. The maximum absolute atomic E-state index is 11.4. The molecule has 1 aromatic heterocycles. The molecule has 74 valence electrons. The highest BCUT2D eigenvalue weighted by Gasteiger charge is 2.17. The van der Waals surface area contributed by atoms with Crippen molar-refractivity contribution in [2.45, 2.75) is 13.3 Å². The Balaban J connectivity index is 2.34. The van der Waals surface area contributed by atoms with Crippen molar-refractivity contribution < 1.29 is 9.53 Å². The average molecular weight is 192 g/mol. The van der Waals surface area contributed by atoms with Gasteiger partial charge in [0.15, 0.2) is 0 Å². The number of hydrogen-bond acceptors (Lipinski definition) is 3. The summed E-state index contributed by atoms with van der Waals surface area (Å²) in [5.41, 5.74) is 1.50. The van der Waals surface area contributed by atoms with Gasteiger partial charge >= 0.3 is 0 Å². The molecule has 0 unspecified atom stereocenters. The smallest absolute Gasteiger partial charge is 0.253 e. The highest BCUT2D eigenvalue weighted by Crippen LogP contribution is 2.16. The van der Waals surface area contributed by atoms with Gasteiger partial charge in [-0.1, -0.05) is 0 Å². The molecule has 4 heteroatoms. The third-order valence-electron chi connectivity index (χ3n) is 2.13. The minimum absolute atomic E-state index is 0.0400. The van der Waals surface area contributed by atoms with Crippen LogP contribution in [0.25, 0.3) is 0 Å². The molecule has 0 saturated carbocycles. The van der Waals surface area contributed by atoms with E-state index < -0.39 is 0 Å². The topological polar surface area (TPSA) is 51.2 Å². The van der Waals surface area contributed by atoms with Crippen molar-refractivity contribution in [3.8, 4) is 5.88 Å². The Morgan fingerprint density at radius 2 is 2.43 bits per heavy atom. The van der Waals surface area contributed by atoms with E-state index in [1.165, 1.54) is 0 Å². The second-order valence-corrected chi connectivity index (χ2v) is 3.08. The number of pyridine rings is 1. The summed E-state index contributed by atoms with van der Waals surface area (Å²) >= 11 is 0. The van der Waals surface area contributed by atoms with Gasteiger partial charge in [-0.3, -0.25) is 4.79 Å². The van der Waals surface area contributed by atoms with Gasteiger partial charge in [0.2, 0.25) is 5.88 Å². The van der Waals surface area contributed by atoms with Crippen LogP contribution in [-0.2, 0) is 6.42 Å². The largest absolute Gasteiger partial charge is 0.478 e. The molecule has 0 aromatic carbocycles. The van der Waals surface area contributed by atoms with Gasteiger partial charge < -0.3 is 10.1 Å². The van der Waals surface area contributed by atoms with E-state index in [0.29, 0.717) is 24.6 Å². The zero-order valence-electron chi connectivity index (χ0n) is 8.04. The molecule has 0 aliphatic carbocycles. The number of hydrogen-bond donors (Lipinski definition) is 1. The first-order valence-corrected chi connectivity index (χ1v) is 4.72. The fourth-order valence-electron chi connectivity index (χ4n) is 1.50. The van der Waals surface area contributed by atoms with Crippen LogP contribution in [0.15, 0.2) is 12.1 Å². The Labute approximate surface area is 82.3 Å². The molecule has 0 fully saturated rings. The Morgan fingerprint density at radius 1 is 1.57 bits per heavy atom. The Bertz CT molecular complexity index is 363. The molecule has 1 aromatic rings. The number of nitrogens with zero attached hydrogens (tertiary/aromatic N) is 1. The first kappa shape index (κ1) is 8.99. The Hall–Kier alpha value is -1.58. The van der Waals surface area contributed by atoms with E-state index in [0.717, 1.165) is 12.1 Å². The molecule has 0 atom stereocenters. The number of carbonyl (C=O) groups excluding carboxylic acids is 1. The summed E-state index contributed by atoms with van der Waals surface area (Å²) in [5.74, 6) is 0.558. The number of rotatable bonds is 2. The predicted octanol–water partition coefficient (Wildman–Crippen LogP) is 0.766. The lowest BCUT2D eigenvalue weighted by atomic mass is 10.1. The molecule has 1 N–H and O–H groups in total. The standard InChI is InChI=1S/C10H12N2O2/c1-2-14-9-4-3-7-8(12-9)5-6-11-10(7)13/h3-4H,2,5-6H2,1H3,(H,11,13). The van der Waals surface area contributed by atoms with Crippen molar-refractivity contribution in [1.29, 1.82) is 0 Å². The van der Waals surface area contributed by atoms with Crippen LogP contribution in [0.4, 0.5) is 0 Å². The van der Waals surface area contributed by atoms with Crippen molar-refractivity contribution in [2.24, 2.45) is 0 Å². The monoisotopic (exact) mass is 192 g/mol. The Morgan fingerprint density at radius 3 is 3.21 bits per heavy atom. The van der Waals surface area contributed by atoms with Crippen LogP contribution in [0.5, 0.6) is 5.88 Å². The van der Waals surface area contributed by atoms with Crippen molar-refractivity contribution in [1.82, 2.24) is 10.3 Å². The molecule has 0 radical (unpaired) electrons. The van der Waals surface area contributed by atoms with Crippen molar-refractivity contribution >= 4 is 5.91 Å². The van der Waals surface area contributed by atoms with Crippen molar-refractivity contribution in [3.05, 3.63) is 23.4 Å². The van der Waals surface area contributed by atoms with E-state index >= 15 is 0 Å². The molecule has 1 amide bonds. The summed E-state index contributed by atoms with van der Waals surface area (Å²) in [5, 5.41) is 2.77. The van der Waals surface area contributed by atoms with Gasteiger partial charge in [-0.15, -0.1) is 0 Å². The molecule has 0 bridgehead atoms. The zero-order chi connectivity index (χ0) is 9.97. The van der Waals surface area contributed by atoms with Gasteiger partial charge in [-0.05, 0) is 13.0 Å². The third-order valence-corrected chi connectivity index (χ3v) is 2.13. The lowest BCUT2D eigenvalue weighted by molar-refractivity contribution is 0.0945. The van der Waals surface area contributed by atoms with E-state index in [1.54, 1.807) is 12.1 Å². The number of amides is 1. The lowest BCUT2D eigenvalue weighted by Crippen LogP contribution is -2.32. The number of carbonyl (C=O) groups is 1. The summed E-state index contributed by atoms with van der Waals surface area (Å²) < 4.78 is 5.26. The molecule has 2 rings (SSSR count). The quantitative estimate of drug-likeness (QED) is 0.752. The fraction of sp³-hybridized carbons (Fsp3) is 0.400. The van der Waals surface area contributed by atoms with E-state index in [2.05, 4.69) is 10.3 Å². The molecule has 0 saturated heterocycles. The van der Waals surface area contributed by atoms with Crippen LogP contribution in [0.2, 0.25) is 0 Å². The van der Waals surface area contributed by atoms with E-state index in [-0.39, 0.29) is 5.91 Å². The molecular weight excluding hydrogens is 180 g/mol. The van der Waals surface area contributed by atoms with Gasteiger partial charge in [0.25, 0.3) is 5.91 Å². The minimum Gasteiger partial charge on any atom is -0.478 e. The summed E-state index contributed by atoms with van der Waals surface area (Å²) in [6.45, 7) is 3.17. The van der Waals surface area contributed by atoms with Crippen LogP contribution in [0, 0.1) is 0 Å². The summed E-state index contributed by atoms with van der Waals surface area (Å²) in [6, 6.07) is 3.50. The Kier molecular flexibility index (Phi) is 2.35. The van der Waals surface area contributed by atoms with Crippen molar-refractivity contribution in [3.63, 3.8) is 0 Å². The second-order valence-electron chi connectivity index (χ2n) is 3.08. The van der Waals surface area contributed by atoms with Crippen LogP contribution < -0.4 is 10.1 Å². The minimum atomic E-state index is -0.0400. The lowest BCUT2D eigenvalue weighted by Gasteiger charge is -2.15.